The number of allylic oxidation sites excluding steroid dienone is 4. The maximum absolute atomic E-state index is 12.9. The Morgan fingerprint density at radius 3 is 1.06 bits per heavy atom. The fourth-order valence-corrected chi connectivity index (χ4v) is 8.76. The summed E-state index contributed by atoms with van der Waals surface area (Å²) >= 11 is 0. The standard InChI is InChI=1S/C56H105O11P/c1-4-7-10-13-16-19-22-24-26-28-31-33-36-39-42-45-54(58)63-49-53(67-56(60)47-44-41-38-35-32-29-27-25-23-20-17-14-11-8-5-2)51-65-68(61,62)64-50-52(48-57)66-55(59)46-43-40-37-34-30-21-18-15-12-9-6-3/h15,18,25,27,52-53,57H,4-14,16-17,19-24,26,28-51H2,1-3H3,(H,61,62)/b18-15-,27-25-. The zero-order chi connectivity index (χ0) is 49.9. The van der Waals surface area contributed by atoms with Crippen molar-refractivity contribution >= 4 is 25.7 Å². The van der Waals surface area contributed by atoms with Crippen LogP contribution < -0.4 is 0 Å². The third-order valence-corrected chi connectivity index (χ3v) is 13.3. The first-order valence-electron chi connectivity index (χ1n) is 28.2. The zero-order valence-electron chi connectivity index (χ0n) is 44.1. The van der Waals surface area contributed by atoms with E-state index in [2.05, 4.69) is 45.1 Å². The largest absolute Gasteiger partial charge is 0.472 e. The van der Waals surface area contributed by atoms with E-state index >= 15 is 0 Å². The lowest BCUT2D eigenvalue weighted by atomic mass is 10.0. The SMILES string of the molecule is CCCC/C=C\CCCCCCCC(=O)OC(CO)COP(=O)(O)OCC(COC(=O)CCCCCCCCCCCCCCCCC)OC(=O)CCCCCCC/C=C\CCCCCCCC. The van der Waals surface area contributed by atoms with Gasteiger partial charge in [-0.05, 0) is 64.2 Å². The highest BCUT2D eigenvalue weighted by Gasteiger charge is 2.28. The molecule has 68 heavy (non-hydrogen) atoms. The number of carbonyl (C=O) groups excluding carboxylic acids is 3. The second-order valence-corrected chi connectivity index (χ2v) is 20.6. The summed E-state index contributed by atoms with van der Waals surface area (Å²) in [5.41, 5.74) is 0. The van der Waals surface area contributed by atoms with E-state index in [9.17, 15) is 28.9 Å². The third kappa shape index (κ3) is 49.0. The molecule has 11 nitrogen and oxygen atoms in total. The van der Waals surface area contributed by atoms with E-state index in [4.69, 9.17) is 23.3 Å². The van der Waals surface area contributed by atoms with Crippen LogP contribution in [-0.2, 0) is 42.2 Å². The fourth-order valence-electron chi connectivity index (χ4n) is 7.98. The molecule has 2 N–H and O–H groups in total. The Hall–Kier alpha value is -2.04. The van der Waals surface area contributed by atoms with Gasteiger partial charge in [0, 0.05) is 19.3 Å². The second kappa shape index (κ2) is 51.3. The highest BCUT2D eigenvalue weighted by Crippen LogP contribution is 2.43. The third-order valence-electron chi connectivity index (χ3n) is 12.3. The number of phosphoric ester groups is 1. The molecule has 0 aromatic heterocycles. The number of hydrogen-bond donors (Lipinski definition) is 2. The van der Waals surface area contributed by atoms with Gasteiger partial charge < -0.3 is 24.2 Å². The Morgan fingerprint density at radius 2 is 0.691 bits per heavy atom. The highest BCUT2D eigenvalue weighted by atomic mass is 31.2. The van der Waals surface area contributed by atoms with Gasteiger partial charge in [0.15, 0.2) is 6.10 Å². The van der Waals surface area contributed by atoms with Crippen molar-refractivity contribution in [3.05, 3.63) is 24.3 Å². The van der Waals surface area contributed by atoms with Gasteiger partial charge in [-0.15, -0.1) is 0 Å². The molecular formula is C56H105O11P. The van der Waals surface area contributed by atoms with Crippen molar-refractivity contribution in [3.8, 4) is 0 Å². The molecule has 0 rings (SSSR count). The van der Waals surface area contributed by atoms with Crippen LogP contribution in [0, 0.1) is 0 Å². The quantitative estimate of drug-likeness (QED) is 0.0197. The molecule has 400 valence electrons. The number of esters is 3. The Labute approximate surface area is 417 Å². The maximum Gasteiger partial charge on any atom is 0.472 e. The number of aliphatic hydroxyl groups excluding tert-OH is 1. The van der Waals surface area contributed by atoms with E-state index in [-0.39, 0.29) is 25.9 Å². The van der Waals surface area contributed by atoms with Crippen molar-refractivity contribution in [2.24, 2.45) is 0 Å². The summed E-state index contributed by atoms with van der Waals surface area (Å²) in [6.45, 7) is 4.61. The number of aliphatic hydroxyl groups is 1. The Kier molecular flexibility index (Phi) is 49.8. The molecule has 3 unspecified atom stereocenters. The summed E-state index contributed by atoms with van der Waals surface area (Å²) in [5, 5.41) is 9.78. The lowest BCUT2D eigenvalue weighted by Gasteiger charge is -2.21. The molecule has 0 saturated heterocycles. The van der Waals surface area contributed by atoms with Gasteiger partial charge in [-0.2, -0.15) is 0 Å². The molecule has 0 bridgehead atoms. The molecule has 0 fully saturated rings. The number of ether oxygens (including phenoxy) is 3. The van der Waals surface area contributed by atoms with Gasteiger partial charge in [0.1, 0.15) is 12.7 Å². The highest BCUT2D eigenvalue weighted by molar-refractivity contribution is 7.47. The van der Waals surface area contributed by atoms with Crippen molar-refractivity contribution in [1.82, 2.24) is 0 Å². The molecule has 0 aromatic rings. The fraction of sp³-hybridized carbons (Fsp3) is 0.875. The van der Waals surface area contributed by atoms with Crippen LogP contribution in [0.15, 0.2) is 24.3 Å². The normalized spacial score (nSPS) is 13.5. The summed E-state index contributed by atoms with van der Waals surface area (Å²) in [4.78, 5) is 48.4. The molecule has 12 heteroatoms. The van der Waals surface area contributed by atoms with E-state index in [1.807, 2.05) is 0 Å². The zero-order valence-corrected chi connectivity index (χ0v) is 45.0. The average Bonchev–Trinajstić information content (AvgIpc) is 3.32. The Bertz CT molecular complexity index is 1240. The van der Waals surface area contributed by atoms with Gasteiger partial charge in [0.25, 0.3) is 0 Å². The summed E-state index contributed by atoms with van der Waals surface area (Å²) in [5.74, 6) is -1.46. The van der Waals surface area contributed by atoms with Crippen LogP contribution in [0.3, 0.4) is 0 Å². The lowest BCUT2D eigenvalue weighted by molar-refractivity contribution is -0.161. The average molecular weight is 985 g/mol. The first-order valence-corrected chi connectivity index (χ1v) is 29.7. The minimum absolute atomic E-state index is 0.162. The summed E-state index contributed by atoms with van der Waals surface area (Å²) in [7, 11) is -4.74. The van der Waals surface area contributed by atoms with E-state index in [1.54, 1.807) is 0 Å². The molecule has 0 radical (unpaired) electrons. The van der Waals surface area contributed by atoms with Gasteiger partial charge in [0.2, 0.25) is 0 Å². The lowest BCUT2D eigenvalue weighted by Crippen LogP contribution is -2.30. The van der Waals surface area contributed by atoms with Gasteiger partial charge in [-0.1, -0.05) is 218 Å². The molecule has 0 amide bonds. The van der Waals surface area contributed by atoms with Gasteiger partial charge in [0.05, 0.1) is 19.8 Å². The van der Waals surface area contributed by atoms with E-state index < -0.39 is 57.8 Å². The van der Waals surface area contributed by atoms with Gasteiger partial charge in [-0.3, -0.25) is 23.4 Å². The van der Waals surface area contributed by atoms with E-state index in [0.29, 0.717) is 19.3 Å². The van der Waals surface area contributed by atoms with Crippen LogP contribution in [0.25, 0.3) is 0 Å². The smallest absolute Gasteiger partial charge is 0.462 e. The minimum atomic E-state index is -4.74. The molecule has 0 spiro atoms. The number of carbonyl (C=O) groups is 3. The maximum atomic E-state index is 12.9. The van der Waals surface area contributed by atoms with E-state index in [1.165, 1.54) is 122 Å². The van der Waals surface area contributed by atoms with Crippen LogP contribution in [0.5, 0.6) is 0 Å². The Morgan fingerprint density at radius 1 is 0.397 bits per heavy atom. The van der Waals surface area contributed by atoms with E-state index in [0.717, 1.165) is 96.3 Å². The number of phosphoric acid groups is 1. The molecule has 0 aliphatic carbocycles. The molecule has 0 aromatic carbocycles. The van der Waals surface area contributed by atoms with Crippen LogP contribution in [0.1, 0.15) is 278 Å². The first kappa shape index (κ1) is 66.0. The summed E-state index contributed by atoms with van der Waals surface area (Å²) < 4.78 is 39.4. The minimum Gasteiger partial charge on any atom is -0.462 e. The van der Waals surface area contributed by atoms with Gasteiger partial charge in [-0.25, -0.2) is 4.57 Å². The van der Waals surface area contributed by atoms with Crippen LogP contribution in [0.2, 0.25) is 0 Å². The van der Waals surface area contributed by atoms with Crippen molar-refractivity contribution in [3.63, 3.8) is 0 Å². The number of rotatable bonds is 53. The number of unbranched alkanes of at least 4 members (excludes halogenated alkanes) is 32. The second-order valence-electron chi connectivity index (χ2n) is 19.1. The molecule has 3 atom stereocenters. The molecule has 0 aliphatic heterocycles. The molecule has 0 aliphatic rings. The first-order chi connectivity index (χ1) is 33.2. The van der Waals surface area contributed by atoms with Crippen LogP contribution in [-0.4, -0.2) is 66.5 Å². The predicted octanol–water partition coefficient (Wildman–Crippen LogP) is 16.3. The predicted molar refractivity (Wildman–Crippen MR) is 280 cm³/mol. The van der Waals surface area contributed by atoms with Crippen molar-refractivity contribution in [2.45, 2.75) is 290 Å². The molecule has 0 saturated carbocycles. The van der Waals surface area contributed by atoms with Crippen LogP contribution in [0.4, 0.5) is 0 Å². The topological polar surface area (TPSA) is 155 Å². The Balaban J connectivity index is 4.72. The van der Waals surface area contributed by atoms with Crippen molar-refractivity contribution in [1.29, 1.82) is 0 Å². The molecule has 0 heterocycles. The van der Waals surface area contributed by atoms with Crippen LogP contribution >= 0.6 is 7.82 Å². The van der Waals surface area contributed by atoms with Gasteiger partial charge >= 0.3 is 25.7 Å². The molecular weight excluding hydrogens is 880 g/mol. The van der Waals surface area contributed by atoms with Crippen molar-refractivity contribution in [2.75, 3.05) is 26.4 Å². The van der Waals surface area contributed by atoms with Crippen molar-refractivity contribution < 1.29 is 52.2 Å². The summed E-state index contributed by atoms with van der Waals surface area (Å²) in [6.07, 6.45) is 49.9. The summed E-state index contributed by atoms with van der Waals surface area (Å²) in [6, 6.07) is 0. The number of hydrogen-bond acceptors (Lipinski definition) is 10. The monoisotopic (exact) mass is 985 g/mol.